The number of hydrogen-bond acceptors (Lipinski definition) is 3. The number of fused-ring (bicyclic) bond motifs is 2. The van der Waals surface area contributed by atoms with Crippen molar-refractivity contribution in [3.8, 4) is 5.75 Å². The number of hydrogen-bond donors (Lipinski definition) is 2. The second-order valence-electron chi connectivity index (χ2n) is 6.29. The molecule has 2 N–H and O–H groups in total. The van der Waals surface area contributed by atoms with E-state index in [0.717, 1.165) is 31.1 Å². The molecule has 5 heteroatoms. The fourth-order valence-electron chi connectivity index (χ4n) is 3.31. The summed E-state index contributed by atoms with van der Waals surface area (Å²) in [7, 11) is 0. The Hall–Kier alpha value is -1.75. The number of rotatable bonds is 6. The van der Waals surface area contributed by atoms with E-state index in [4.69, 9.17) is 9.47 Å². The van der Waals surface area contributed by atoms with Crippen LogP contribution in [0.5, 0.6) is 5.75 Å². The first kappa shape index (κ1) is 16.1. The first-order valence-electron chi connectivity index (χ1n) is 8.64. The van der Waals surface area contributed by atoms with E-state index in [2.05, 4.69) is 35.5 Å². The van der Waals surface area contributed by atoms with Crippen LogP contribution in [0, 0.1) is 6.92 Å². The quantitative estimate of drug-likeness (QED) is 0.480. The molecule has 2 heterocycles. The summed E-state index contributed by atoms with van der Waals surface area (Å²) in [6.07, 6.45) is 4.27. The summed E-state index contributed by atoms with van der Waals surface area (Å²) in [6, 6.07) is 8.49. The van der Waals surface area contributed by atoms with E-state index < -0.39 is 0 Å². The van der Waals surface area contributed by atoms with Gasteiger partial charge in [0.15, 0.2) is 5.96 Å². The summed E-state index contributed by atoms with van der Waals surface area (Å²) < 4.78 is 11.6. The van der Waals surface area contributed by atoms with Crippen LogP contribution in [0.4, 0.5) is 0 Å². The Morgan fingerprint density at radius 3 is 3.00 bits per heavy atom. The van der Waals surface area contributed by atoms with E-state index in [1.54, 1.807) is 0 Å². The Balaban J connectivity index is 1.46. The van der Waals surface area contributed by atoms with Gasteiger partial charge in [0.2, 0.25) is 0 Å². The van der Waals surface area contributed by atoms with Crippen LogP contribution >= 0.6 is 0 Å². The van der Waals surface area contributed by atoms with Gasteiger partial charge in [-0.15, -0.1) is 0 Å². The first-order chi connectivity index (χ1) is 11.2. The van der Waals surface area contributed by atoms with E-state index in [1.165, 1.54) is 12.0 Å². The number of nitrogens with one attached hydrogen (secondary N) is 2. The molecule has 5 nitrogen and oxygen atoms in total. The third-order valence-electron chi connectivity index (χ3n) is 4.39. The smallest absolute Gasteiger partial charge is 0.191 e. The third kappa shape index (κ3) is 4.38. The molecule has 126 valence electrons. The van der Waals surface area contributed by atoms with E-state index in [1.807, 2.05) is 18.2 Å². The molecule has 0 saturated carbocycles. The van der Waals surface area contributed by atoms with Crippen LogP contribution in [0.3, 0.4) is 0 Å². The Labute approximate surface area is 138 Å². The predicted octanol–water partition coefficient (Wildman–Crippen LogP) is 2.25. The monoisotopic (exact) mass is 317 g/mol. The Morgan fingerprint density at radius 2 is 2.30 bits per heavy atom. The van der Waals surface area contributed by atoms with Gasteiger partial charge < -0.3 is 20.1 Å². The van der Waals surface area contributed by atoms with Gasteiger partial charge in [0, 0.05) is 6.54 Å². The molecule has 0 aliphatic carbocycles. The van der Waals surface area contributed by atoms with Crippen LogP contribution in [0.15, 0.2) is 29.3 Å². The van der Waals surface area contributed by atoms with Crippen molar-refractivity contribution in [2.24, 2.45) is 4.99 Å². The van der Waals surface area contributed by atoms with Gasteiger partial charge in [-0.05, 0) is 50.8 Å². The van der Waals surface area contributed by atoms with Gasteiger partial charge >= 0.3 is 0 Å². The standard InChI is InChI=1S/C18H27N3O2/c1-3-19-18(21-16-12-15-7-8-17(16)23-15)20-9-10-22-14-6-4-5-13(2)11-14/h4-6,11,15-17H,3,7-10,12H2,1-2H3,(H2,19,20,21). The minimum atomic E-state index is 0.354. The lowest BCUT2D eigenvalue weighted by Crippen LogP contribution is -2.47. The van der Waals surface area contributed by atoms with Crippen LogP contribution in [-0.4, -0.2) is 43.9 Å². The summed E-state index contributed by atoms with van der Waals surface area (Å²) in [5, 5.41) is 6.82. The highest BCUT2D eigenvalue weighted by Crippen LogP contribution is 2.34. The van der Waals surface area contributed by atoms with Gasteiger partial charge in [0.1, 0.15) is 12.4 Å². The van der Waals surface area contributed by atoms with Gasteiger partial charge in [0.25, 0.3) is 0 Å². The molecule has 23 heavy (non-hydrogen) atoms. The molecule has 2 bridgehead atoms. The zero-order chi connectivity index (χ0) is 16.1. The van der Waals surface area contributed by atoms with Crippen LogP contribution in [-0.2, 0) is 4.74 Å². The van der Waals surface area contributed by atoms with Crippen LogP contribution in [0.2, 0.25) is 0 Å². The molecule has 1 aromatic rings. The molecule has 2 fully saturated rings. The van der Waals surface area contributed by atoms with Crippen molar-refractivity contribution in [1.82, 2.24) is 10.6 Å². The Kier molecular flexibility index (Phi) is 5.39. The lowest BCUT2D eigenvalue weighted by atomic mass is 9.96. The number of nitrogens with zero attached hydrogens (tertiary/aromatic N) is 1. The number of ether oxygens (including phenoxy) is 2. The normalized spacial score (nSPS) is 26.3. The summed E-state index contributed by atoms with van der Waals surface area (Å²) in [4.78, 5) is 4.61. The van der Waals surface area contributed by atoms with Gasteiger partial charge in [-0.1, -0.05) is 12.1 Å². The second kappa shape index (κ2) is 7.68. The van der Waals surface area contributed by atoms with E-state index in [-0.39, 0.29) is 0 Å². The molecule has 0 spiro atoms. The number of aryl methyl sites for hydroxylation is 1. The van der Waals surface area contributed by atoms with Gasteiger partial charge in [-0.3, -0.25) is 0 Å². The van der Waals surface area contributed by atoms with Gasteiger partial charge in [-0.25, -0.2) is 4.99 Å². The minimum Gasteiger partial charge on any atom is -0.492 e. The number of benzene rings is 1. The average Bonchev–Trinajstić information content (AvgIpc) is 3.14. The third-order valence-corrected chi connectivity index (χ3v) is 4.39. The second-order valence-corrected chi connectivity index (χ2v) is 6.29. The summed E-state index contributed by atoms with van der Waals surface area (Å²) in [5.41, 5.74) is 1.21. The molecule has 0 radical (unpaired) electrons. The van der Waals surface area contributed by atoms with Crippen LogP contribution in [0.25, 0.3) is 0 Å². The van der Waals surface area contributed by atoms with E-state index in [9.17, 15) is 0 Å². The molecular weight excluding hydrogens is 290 g/mol. The van der Waals surface area contributed by atoms with E-state index >= 15 is 0 Å². The molecule has 1 aromatic carbocycles. The molecule has 3 atom stereocenters. The lowest BCUT2D eigenvalue weighted by Gasteiger charge is -2.22. The van der Waals surface area contributed by atoms with Crippen molar-refractivity contribution in [3.05, 3.63) is 29.8 Å². The Bertz CT molecular complexity index is 547. The maximum atomic E-state index is 5.89. The van der Waals surface area contributed by atoms with Crippen LogP contribution in [0.1, 0.15) is 31.7 Å². The fraction of sp³-hybridized carbons (Fsp3) is 0.611. The molecule has 2 aliphatic heterocycles. The van der Waals surface area contributed by atoms with Crippen molar-refractivity contribution in [3.63, 3.8) is 0 Å². The minimum absolute atomic E-state index is 0.354. The van der Waals surface area contributed by atoms with Crippen molar-refractivity contribution in [2.45, 2.75) is 51.4 Å². The molecule has 0 amide bonds. The van der Waals surface area contributed by atoms with Gasteiger partial charge in [0.05, 0.1) is 24.8 Å². The summed E-state index contributed by atoms with van der Waals surface area (Å²) in [6.45, 7) is 6.21. The maximum absolute atomic E-state index is 5.89. The molecule has 2 saturated heterocycles. The largest absolute Gasteiger partial charge is 0.492 e. The van der Waals surface area contributed by atoms with Crippen LogP contribution < -0.4 is 15.4 Å². The van der Waals surface area contributed by atoms with Gasteiger partial charge in [-0.2, -0.15) is 0 Å². The van der Waals surface area contributed by atoms with E-state index in [0.29, 0.717) is 31.4 Å². The highest BCUT2D eigenvalue weighted by Gasteiger charge is 2.41. The first-order valence-corrected chi connectivity index (χ1v) is 8.64. The maximum Gasteiger partial charge on any atom is 0.191 e. The van der Waals surface area contributed by atoms with Crippen molar-refractivity contribution < 1.29 is 9.47 Å². The molecule has 3 unspecified atom stereocenters. The highest BCUT2D eigenvalue weighted by atomic mass is 16.5. The lowest BCUT2D eigenvalue weighted by molar-refractivity contribution is 0.0992. The SMILES string of the molecule is CCNC(=NCCOc1cccc(C)c1)NC1CC2CCC1O2. The zero-order valence-corrected chi connectivity index (χ0v) is 14.0. The average molecular weight is 317 g/mol. The van der Waals surface area contributed by atoms with Crippen molar-refractivity contribution in [1.29, 1.82) is 0 Å². The topological polar surface area (TPSA) is 54.9 Å². The number of aliphatic imine (C=N–C) groups is 1. The molecular formula is C18H27N3O2. The summed E-state index contributed by atoms with van der Waals surface area (Å²) in [5.74, 6) is 1.76. The summed E-state index contributed by atoms with van der Waals surface area (Å²) >= 11 is 0. The number of guanidine groups is 1. The molecule has 2 aliphatic rings. The molecule has 0 aromatic heterocycles. The highest BCUT2D eigenvalue weighted by molar-refractivity contribution is 5.80. The fourth-order valence-corrected chi connectivity index (χ4v) is 3.31. The van der Waals surface area contributed by atoms with Crippen molar-refractivity contribution in [2.75, 3.05) is 19.7 Å². The predicted molar refractivity (Wildman–Crippen MR) is 92.1 cm³/mol. The van der Waals surface area contributed by atoms with Crippen molar-refractivity contribution >= 4 is 5.96 Å². The zero-order valence-electron chi connectivity index (χ0n) is 14.0. The Morgan fingerprint density at radius 1 is 1.39 bits per heavy atom. The molecule has 3 rings (SSSR count).